The fraction of sp³-hybridized carbons (Fsp3) is 0.333. The molecule has 0 bridgehead atoms. The smallest absolute Gasteiger partial charge is 0.119 e. The van der Waals surface area contributed by atoms with E-state index in [1.165, 1.54) is 5.56 Å². The quantitative estimate of drug-likeness (QED) is 0.654. The Hall–Kier alpha value is -1.55. The lowest BCUT2D eigenvalue weighted by atomic mass is 10.1. The van der Waals surface area contributed by atoms with Crippen molar-refractivity contribution in [1.82, 2.24) is 0 Å². The third kappa shape index (κ3) is 5.68. The van der Waals surface area contributed by atoms with E-state index < -0.39 is 0 Å². The van der Waals surface area contributed by atoms with Crippen LogP contribution in [0.4, 0.5) is 0 Å². The lowest BCUT2D eigenvalue weighted by molar-refractivity contribution is 0.0544. The largest absolute Gasteiger partial charge is 0.491 e. The van der Waals surface area contributed by atoms with Gasteiger partial charge < -0.3 is 14.2 Å². The minimum absolute atomic E-state index is 0.535. The van der Waals surface area contributed by atoms with Crippen LogP contribution in [0.3, 0.4) is 0 Å². The molecule has 0 spiro atoms. The number of hydrogen-bond acceptors (Lipinski definition) is 3. The molecular weight excluding hydrogens is 300 g/mol. The predicted octanol–water partition coefficient (Wildman–Crippen LogP) is 3.97. The third-order valence-corrected chi connectivity index (χ3v) is 3.57. The molecule has 22 heavy (non-hydrogen) atoms. The SMILES string of the molecule is COCCOCCOc1ccc(Cc2ccccc2Cl)cc1. The van der Waals surface area contributed by atoms with Crippen molar-refractivity contribution in [3.05, 3.63) is 64.7 Å². The van der Waals surface area contributed by atoms with Crippen molar-refractivity contribution in [2.45, 2.75) is 6.42 Å². The van der Waals surface area contributed by atoms with Crippen molar-refractivity contribution >= 4 is 11.6 Å². The summed E-state index contributed by atoms with van der Waals surface area (Å²) in [6, 6.07) is 16.0. The van der Waals surface area contributed by atoms with Crippen molar-refractivity contribution in [3.63, 3.8) is 0 Å². The number of ether oxygens (including phenoxy) is 3. The normalized spacial score (nSPS) is 10.6. The molecule has 0 aliphatic rings. The molecule has 4 heteroatoms. The van der Waals surface area contributed by atoms with Gasteiger partial charge >= 0.3 is 0 Å². The second kappa shape index (κ2) is 9.46. The highest BCUT2D eigenvalue weighted by molar-refractivity contribution is 6.31. The minimum atomic E-state index is 0.535. The van der Waals surface area contributed by atoms with E-state index in [-0.39, 0.29) is 0 Å². The molecule has 0 unspecified atom stereocenters. The van der Waals surface area contributed by atoms with Crippen molar-refractivity contribution in [1.29, 1.82) is 0 Å². The van der Waals surface area contributed by atoms with Crippen molar-refractivity contribution in [2.75, 3.05) is 33.5 Å². The van der Waals surface area contributed by atoms with Crippen LogP contribution in [0, 0.1) is 0 Å². The molecule has 0 atom stereocenters. The first kappa shape index (κ1) is 16.8. The van der Waals surface area contributed by atoms with Crippen molar-refractivity contribution < 1.29 is 14.2 Å². The van der Waals surface area contributed by atoms with Gasteiger partial charge in [0.2, 0.25) is 0 Å². The van der Waals surface area contributed by atoms with Gasteiger partial charge in [-0.15, -0.1) is 0 Å². The molecule has 2 rings (SSSR count). The maximum absolute atomic E-state index is 6.18. The summed E-state index contributed by atoms with van der Waals surface area (Å²) in [5.74, 6) is 0.846. The Labute approximate surface area is 136 Å². The van der Waals surface area contributed by atoms with E-state index in [1.807, 2.05) is 36.4 Å². The van der Waals surface area contributed by atoms with Crippen LogP contribution >= 0.6 is 11.6 Å². The Bertz CT molecular complexity index is 555. The van der Waals surface area contributed by atoms with Crippen LogP contribution in [0.15, 0.2) is 48.5 Å². The lowest BCUT2D eigenvalue weighted by Gasteiger charge is -2.08. The van der Waals surface area contributed by atoms with E-state index >= 15 is 0 Å². The molecule has 0 radical (unpaired) electrons. The number of halogens is 1. The maximum Gasteiger partial charge on any atom is 0.119 e. The fourth-order valence-electron chi connectivity index (χ4n) is 2.03. The van der Waals surface area contributed by atoms with Crippen LogP contribution in [0.1, 0.15) is 11.1 Å². The summed E-state index contributed by atoms with van der Waals surface area (Å²) in [7, 11) is 1.66. The highest BCUT2D eigenvalue weighted by Crippen LogP contribution is 2.20. The van der Waals surface area contributed by atoms with E-state index in [0.29, 0.717) is 26.4 Å². The Morgan fingerprint density at radius 3 is 2.32 bits per heavy atom. The molecule has 3 nitrogen and oxygen atoms in total. The third-order valence-electron chi connectivity index (χ3n) is 3.20. The summed E-state index contributed by atoms with van der Waals surface area (Å²) in [5.41, 5.74) is 2.33. The standard InChI is InChI=1S/C18H21ClO3/c1-20-10-11-21-12-13-22-17-8-6-15(7-9-17)14-16-4-2-3-5-18(16)19/h2-9H,10-14H2,1H3. The van der Waals surface area contributed by atoms with Crippen LogP contribution in [0.2, 0.25) is 5.02 Å². The van der Waals surface area contributed by atoms with E-state index in [2.05, 4.69) is 12.1 Å². The van der Waals surface area contributed by atoms with Crippen molar-refractivity contribution in [3.8, 4) is 5.75 Å². The van der Waals surface area contributed by atoms with Gasteiger partial charge in [0.05, 0.1) is 19.8 Å². The summed E-state index contributed by atoms with van der Waals surface area (Å²) in [6.07, 6.45) is 0.820. The molecule has 0 fully saturated rings. The predicted molar refractivity (Wildman–Crippen MR) is 88.9 cm³/mol. The number of methoxy groups -OCH3 is 1. The molecule has 2 aromatic rings. The lowest BCUT2D eigenvalue weighted by Crippen LogP contribution is -2.09. The number of rotatable bonds is 9. The van der Waals surface area contributed by atoms with Gasteiger partial charge in [-0.25, -0.2) is 0 Å². The summed E-state index contributed by atoms with van der Waals surface area (Å²) in [5, 5.41) is 0.802. The van der Waals surface area contributed by atoms with Gasteiger partial charge in [-0.3, -0.25) is 0 Å². The second-order valence-electron chi connectivity index (χ2n) is 4.87. The summed E-state index contributed by atoms with van der Waals surface area (Å²) >= 11 is 6.18. The van der Waals surface area contributed by atoms with Gasteiger partial charge in [-0.2, -0.15) is 0 Å². The van der Waals surface area contributed by atoms with E-state index in [0.717, 1.165) is 22.8 Å². The van der Waals surface area contributed by atoms with E-state index in [1.54, 1.807) is 7.11 Å². The van der Waals surface area contributed by atoms with Crippen LogP contribution in [0.5, 0.6) is 5.75 Å². The van der Waals surface area contributed by atoms with E-state index in [4.69, 9.17) is 25.8 Å². The Kier molecular flexibility index (Phi) is 7.23. The molecule has 0 amide bonds. The zero-order valence-electron chi connectivity index (χ0n) is 12.8. The Morgan fingerprint density at radius 1 is 0.864 bits per heavy atom. The Morgan fingerprint density at radius 2 is 1.59 bits per heavy atom. The first-order valence-electron chi connectivity index (χ1n) is 7.31. The second-order valence-corrected chi connectivity index (χ2v) is 5.27. The molecule has 0 saturated carbocycles. The van der Waals surface area contributed by atoms with Gasteiger partial charge in [-0.05, 0) is 35.7 Å². The zero-order valence-corrected chi connectivity index (χ0v) is 13.5. The van der Waals surface area contributed by atoms with Gasteiger partial charge in [0.15, 0.2) is 0 Å². The number of hydrogen-bond donors (Lipinski definition) is 0. The summed E-state index contributed by atoms with van der Waals surface area (Å²) < 4.78 is 15.9. The van der Waals surface area contributed by atoms with Crippen LogP contribution in [-0.2, 0) is 15.9 Å². The highest BCUT2D eigenvalue weighted by atomic mass is 35.5. The van der Waals surface area contributed by atoms with Gasteiger partial charge in [0.25, 0.3) is 0 Å². The molecule has 118 valence electrons. The molecule has 0 aromatic heterocycles. The molecule has 0 N–H and O–H groups in total. The monoisotopic (exact) mass is 320 g/mol. The fourth-order valence-corrected chi connectivity index (χ4v) is 2.23. The Balaban J connectivity index is 1.77. The summed E-state index contributed by atoms with van der Waals surface area (Å²) in [6.45, 7) is 2.30. The molecule has 0 aliphatic heterocycles. The first-order valence-corrected chi connectivity index (χ1v) is 7.69. The topological polar surface area (TPSA) is 27.7 Å². The molecular formula is C18H21ClO3. The molecule has 0 aliphatic carbocycles. The minimum Gasteiger partial charge on any atom is -0.491 e. The highest BCUT2D eigenvalue weighted by Gasteiger charge is 2.01. The van der Waals surface area contributed by atoms with Crippen molar-refractivity contribution in [2.24, 2.45) is 0 Å². The van der Waals surface area contributed by atoms with Crippen LogP contribution in [0.25, 0.3) is 0 Å². The zero-order chi connectivity index (χ0) is 15.6. The van der Waals surface area contributed by atoms with Gasteiger partial charge in [0, 0.05) is 12.1 Å². The molecule has 2 aromatic carbocycles. The van der Waals surface area contributed by atoms with Gasteiger partial charge in [0.1, 0.15) is 12.4 Å². The average molecular weight is 321 g/mol. The number of benzene rings is 2. The summed E-state index contributed by atoms with van der Waals surface area (Å²) in [4.78, 5) is 0. The van der Waals surface area contributed by atoms with Crippen LogP contribution < -0.4 is 4.74 Å². The van der Waals surface area contributed by atoms with E-state index in [9.17, 15) is 0 Å². The van der Waals surface area contributed by atoms with Gasteiger partial charge in [-0.1, -0.05) is 41.9 Å². The first-order chi connectivity index (χ1) is 10.8. The molecule has 0 saturated heterocycles. The van der Waals surface area contributed by atoms with Crippen LogP contribution in [-0.4, -0.2) is 33.5 Å². The average Bonchev–Trinajstić information content (AvgIpc) is 2.54. The molecule has 0 heterocycles. The maximum atomic E-state index is 6.18.